The molecular formula is C14H17BO5. The lowest BCUT2D eigenvalue weighted by Gasteiger charge is -2.30. The number of carbonyl (C=O) groups is 1. The average molecular weight is 276 g/mol. The maximum Gasteiger partial charge on any atom is 0.333 e. The van der Waals surface area contributed by atoms with Crippen LogP contribution in [0.5, 0.6) is 0 Å². The van der Waals surface area contributed by atoms with E-state index in [4.69, 9.17) is 22.4 Å². The molecule has 0 spiro atoms. The van der Waals surface area contributed by atoms with Gasteiger partial charge in [0.15, 0.2) is 12.4 Å². The first-order chi connectivity index (χ1) is 9.54. The molecule has 0 aromatic heterocycles. The van der Waals surface area contributed by atoms with Crippen molar-refractivity contribution >= 4 is 19.3 Å². The molecule has 106 valence electrons. The molecule has 2 rings (SSSR count). The molecule has 6 heteroatoms. The summed E-state index contributed by atoms with van der Waals surface area (Å²) in [6.45, 7) is 0.396. The molecule has 3 atom stereocenters. The minimum Gasteiger partial charge on any atom is -0.479 e. The van der Waals surface area contributed by atoms with Crippen molar-refractivity contribution in [2.24, 2.45) is 0 Å². The van der Waals surface area contributed by atoms with Crippen LogP contribution in [0.2, 0.25) is 0 Å². The van der Waals surface area contributed by atoms with E-state index in [1.807, 2.05) is 24.3 Å². The van der Waals surface area contributed by atoms with Gasteiger partial charge >= 0.3 is 5.97 Å². The molecule has 1 aliphatic heterocycles. The molecule has 0 amide bonds. The predicted molar refractivity (Wildman–Crippen MR) is 73.0 cm³/mol. The van der Waals surface area contributed by atoms with Crippen LogP contribution in [-0.2, 0) is 20.7 Å². The number of hydrogen-bond acceptors (Lipinski definition) is 4. The Morgan fingerprint density at radius 2 is 2.05 bits per heavy atom. The Balaban J connectivity index is 1.78. The van der Waals surface area contributed by atoms with Gasteiger partial charge in [0.05, 0.1) is 12.7 Å². The number of aliphatic carboxylic acids is 1. The molecular weight excluding hydrogens is 259 g/mol. The number of carboxylic acids is 1. The topological polar surface area (TPSA) is 76.0 Å². The number of rotatable bonds is 5. The zero-order chi connectivity index (χ0) is 14.5. The van der Waals surface area contributed by atoms with Gasteiger partial charge in [0, 0.05) is 12.8 Å². The van der Waals surface area contributed by atoms with Crippen molar-refractivity contribution in [3.8, 4) is 0 Å². The number of aliphatic hydroxyl groups is 1. The molecule has 1 saturated heterocycles. The Morgan fingerprint density at radius 1 is 1.35 bits per heavy atom. The summed E-state index contributed by atoms with van der Waals surface area (Å²) in [6, 6.07) is 7.46. The third-order valence-electron chi connectivity index (χ3n) is 3.22. The van der Waals surface area contributed by atoms with Gasteiger partial charge in [-0.3, -0.25) is 0 Å². The number of aliphatic hydroxyl groups excluding tert-OH is 1. The highest BCUT2D eigenvalue weighted by Gasteiger charge is 2.33. The highest BCUT2D eigenvalue weighted by Crippen LogP contribution is 2.21. The minimum absolute atomic E-state index is 0.104. The Morgan fingerprint density at radius 3 is 2.70 bits per heavy atom. The third kappa shape index (κ3) is 4.33. The molecule has 1 heterocycles. The van der Waals surface area contributed by atoms with E-state index in [1.165, 1.54) is 0 Å². The molecule has 1 aromatic rings. The van der Waals surface area contributed by atoms with Crippen molar-refractivity contribution in [2.75, 3.05) is 6.61 Å². The van der Waals surface area contributed by atoms with E-state index in [9.17, 15) is 9.90 Å². The average Bonchev–Trinajstić information content (AvgIpc) is 2.40. The van der Waals surface area contributed by atoms with Gasteiger partial charge in [-0.15, -0.1) is 0 Å². The molecule has 1 aromatic carbocycles. The van der Waals surface area contributed by atoms with Gasteiger partial charge in [-0.2, -0.15) is 0 Å². The maximum absolute atomic E-state index is 10.9. The fourth-order valence-corrected chi connectivity index (χ4v) is 2.12. The summed E-state index contributed by atoms with van der Waals surface area (Å²) in [5.74, 6) is -1.07. The van der Waals surface area contributed by atoms with Crippen LogP contribution in [0.15, 0.2) is 24.3 Å². The normalized spacial score (nSPS) is 26.4. The fourth-order valence-electron chi connectivity index (χ4n) is 2.12. The lowest BCUT2D eigenvalue weighted by Crippen LogP contribution is -2.41. The van der Waals surface area contributed by atoms with Gasteiger partial charge < -0.3 is 19.7 Å². The first-order valence-electron chi connectivity index (χ1n) is 6.57. The third-order valence-corrected chi connectivity index (χ3v) is 3.22. The zero-order valence-electron chi connectivity index (χ0n) is 11.1. The highest BCUT2D eigenvalue weighted by molar-refractivity contribution is 6.32. The van der Waals surface area contributed by atoms with E-state index >= 15 is 0 Å². The molecule has 3 unspecified atom stereocenters. The zero-order valence-corrected chi connectivity index (χ0v) is 11.1. The predicted octanol–water partition coefficient (Wildman–Crippen LogP) is -0.00990. The highest BCUT2D eigenvalue weighted by atomic mass is 16.7. The van der Waals surface area contributed by atoms with Crippen LogP contribution < -0.4 is 5.46 Å². The van der Waals surface area contributed by atoms with Crippen LogP contribution in [0.1, 0.15) is 18.4 Å². The Kier molecular flexibility index (Phi) is 5.17. The lowest BCUT2D eigenvalue weighted by molar-refractivity contribution is -0.221. The summed E-state index contributed by atoms with van der Waals surface area (Å²) in [5, 5.41) is 18.5. The van der Waals surface area contributed by atoms with E-state index in [0.29, 0.717) is 24.9 Å². The Labute approximate surface area is 118 Å². The second-order valence-corrected chi connectivity index (χ2v) is 4.88. The number of carboxylic acid groups (broad SMARTS) is 1. The van der Waals surface area contributed by atoms with E-state index in [0.717, 1.165) is 5.56 Å². The Hall–Kier alpha value is -1.37. The minimum atomic E-state index is -1.07. The van der Waals surface area contributed by atoms with Gasteiger partial charge in [-0.25, -0.2) is 4.79 Å². The molecule has 0 bridgehead atoms. The second-order valence-electron chi connectivity index (χ2n) is 4.88. The van der Waals surface area contributed by atoms with E-state index in [2.05, 4.69) is 0 Å². The van der Waals surface area contributed by atoms with Crippen LogP contribution in [0, 0.1) is 0 Å². The molecule has 2 radical (unpaired) electrons. The van der Waals surface area contributed by atoms with E-state index in [-0.39, 0.29) is 6.42 Å². The van der Waals surface area contributed by atoms with Crippen LogP contribution in [0.25, 0.3) is 0 Å². The molecule has 20 heavy (non-hydrogen) atoms. The summed E-state index contributed by atoms with van der Waals surface area (Å²) in [7, 11) is 5.60. The summed E-state index contributed by atoms with van der Waals surface area (Å²) in [5.41, 5.74) is 1.78. The monoisotopic (exact) mass is 276 g/mol. The van der Waals surface area contributed by atoms with Crippen molar-refractivity contribution in [2.45, 2.75) is 37.8 Å². The van der Waals surface area contributed by atoms with E-state index in [1.54, 1.807) is 0 Å². The van der Waals surface area contributed by atoms with Crippen LogP contribution in [-0.4, -0.2) is 49.1 Å². The molecule has 0 saturated carbocycles. The maximum atomic E-state index is 10.9. The molecule has 2 N–H and O–H groups in total. The van der Waals surface area contributed by atoms with E-state index < -0.39 is 24.5 Å². The summed E-state index contributed by atoms with van der Waals surface area (Å²) >= 11 is 0. The number of hydrogen-bond donors (Lipinski definition) is 2. The van der Waals surface area contributed by atoms with Crippen LogP contribution in [0.4, 0.5) is 0 Å². The molecule has 1 aliphatic rings. The van der Waals surface area contributed by atoms with Crippen LogP contribution >= 0.6 is 0 Å². The molecule has 1 fully saturated rings. The smallest absolute Gasteiger partial charge is 0.333 e. The van der Waals surface area contributed by atoms with Crippen LogP contribution in [0.3, 0.4) is 0 Å². The summed E-state index contributed by atoms with van der Waals surface area (Å²) in [6.07, 6.45) is -1.30. The quantitative estimate of drug-likeness (QED) is 0.740. The van der Waals surface area contributed by atoms with Crippen molar-refractivity contribution in [1.29, 1.82) is 0 Å². The summed E-state index contributed by atoms with van der Waals surface area (Å²) < 4.78 is 10.8. The lowest BCUT2D eigenvalue weighted by atomic mass is 9.95. The summed E-state index contributed by atoms with van der Waals surface area (Å²) in [4.78, 5) is 10.9. The first-order valence-corrected chi connectivity index (χ1v) is 6.57. The largest absolute Gasteiger partial charge is 0.479 e. The second kappa shape index (κ2) is 6.88. The van der Waals surface area contributed by atoms with Crippen molar-refractivity contribution in [3.63, 3.8) is 0 Å². The molecule has 0 aliphatic carbocycles. The van der Waals surface area contributed by atoms with Gasteiger partial charge in [-0.1, -0.05) is 29.7 Å². The van der Waals surface area contributed by atoms with Crippen molar-refractivity contribution < 1.29 is 24.5 Å². The fraction of sp³-hybridized carbons (Fsp3) is 0.500. The number of benzene rings is 1. The standard InChI is InChI=1S/C14H17BO5/c15-10-3-1-9(2-4-10)5-6-19-13-8-11(16)7-12(20-13)14(17)18/h1-4,11-13,16H,5-8H2,(H,17,18). The van der Waals surface area contributed by atoms with Crippen molar-refractivity contribution in [1.82, 2.24) is 0 Å². The Bertz CT molecular complexity index is 447. The first kappa shape index (κ1) is 15.0. The van der Waals surface area contributed by atoms with Crippen molar-refractivity contribution in [3.05, 3.63) is 29.8 Å². The van der Waals surface area contributed by atoms with Gasteiger partial charge in [0.25, 0.3) is 0 Å². The van der Waals surface area contributed by atoms with Gasteiger partial charge in [-0.05, 0) is 12.0 Å². The molecule has 5 nitrogen and oxygen atoms in total. The van der Waals surface area contributed by atoms with Gasteiger partial charge in [0.2, 0.25) is 0 Å². The van der Waals surface area contributed by atoms with Gasteiger partial charge in [0.1, 0.15) is 7.85 Å². The number of ether oxygens (including phenoxy) is 2. The SMILES string of the molecule is [B]c1ccc(CCOC2CC(O)CC(C(=O)O)O2)cc1.